The highest BCUT2D eigenvalue weighted by atomic mass is 32.1. The SMILES string of the molecule is CCOP(=O)(OCC)/C(C)=C\N1C=CC(=O)N(C)C1S. The number of nitrogens with zero attached hydrogens (tertiary/aromatic N) is 2. The maximum Gasteiger partial charge on any atom is 0.358 e. The van der Waals surface area contributed by atoms with Crippen LogP contribution in [0.25, 0.3) is 0 Å². The number of likely N-dealkylation sites (N-methyl/N-ethyl adjacent to an activating group) is 1. The van der Waals surface area contributed by atoms with Crippen LogP contribution in [0.15, 0.2) is 23.8 Å². The average molecular weight is 320 g/mol. The zero-order valence-corrected chi connectivity index (χ0v) is 13.9. The van der Waals surface area contributed by atoms with Gasteiger partial charge in [0.15, 0.2) is 5.50 Å². The molecular formula is C12H21N2O4PS. The van der Waals surface area contributed by atoms with Gasteiger partial charge in [-0.25, -0.2) is 0 Å². The van der Waals surface area contributed by atoms with E-state index in [4.69, 9.17) is 9.05 Å². The van der Waals surface area contributed by atoms with Gasteiger partial charge in [-0.3, -0.25) is 9.36 Å². The predicted octanol–water partition coefficient (Wildman–Crippen LogP) is 2.61. The van der Waals surface area contributed by atoms with Crippen molar-refractivity contribution in [2.24, 2.45) is 0 Å². The van der Waals surface area contributed by atoms with Gasteiger partial charge in [0.25, 0.3) is 0 Å². The van der Waals surface area contributed by atoms with E-state index in [-0.39, 0.29) is 5.91 Å². The normalized spacial score (nSPS) is 20.8. The van der Waals surface area contributed by atoms with Crippen LogP contribution < -0.4 is 0 Å². The van der Waals surface area contributed by atoms with Crippen LogP contribution in [0.1, 0.15) is 20.8 Å². The maximum absolute atomic E-state index is 12.6. The van der Waals surface area contributed by atoms with Gasteiger partial charge >= 0.3 is 7.60 Å². The molecule has 114 valence electrons. The summed E-state index contributed by atoms with van der Waals surface area (Å²) in [4.78, 5) is 14.6. The summed E-state index contributed by atoms with van der Waals surface area (Å²) in [6.07, 6.45) is 4.64. The summed E-state index contributed by atoms with van der Waals surface area (Å²) in [5, 5.41) is 0.465. The van der Waals surface area contributed by atoms with Crippen LogP contribution in [0.2, 0.25) is 0 Å². The molecule has 0 bridgehead atoms. The number of thiol groups is 1. The molecule has 0 radical (unpaired) electrons. The molecule has 0 saturated carbocycles. The quantitative estimate of drug-likeness (QED) is 0.602. The third-order valence-corrected chi connectivity index (χ3v) is 5.50. The van der Waals surface area contributed by atoms with Crippen molar-refractivity contribution in [1.82, 2.24) is 9.80 Å². The van der Waals surface area contributed by atoms with Gasteiger partial charge in [-0.15, -0.1) is 12.6 Å². The van der Waals surface area contributed by atoms with Crippen LogP contribution in [0.3, 0.4) is 0 Å². The predicted molar refractivity (Wildman–Crippen MR) is 81.1 cm³/mol. The Kier molecular flexibility index (Phi) is 6.33. The van der Waals surface area contributed by atoms with Gasteiger partial charge in [-0.2, -0.15) is 0 Å². The summed E-state index contributed by atoms with van der Waals surface area (Å²) in [6, 6.07) is 0. The van der Waals surface area contributed by atoms with E-state index in [1.807, 2.05) is 0 Å². The van der Waals surface area contributed by atoms with Gasteiger partial charge in [0.1, 0.15) is 0 Å². The molecule has 0 spiro atoms. The molecule has 20 heavy (non-hydrogen) atoms. The third kappa shape index (κ3) is 3.88. The van der Waals surface area contributed by atoms with E-state index in [1.165, 1.54) is 11.0 Å². The Hall–Kier alpha value is -0.750. The van der Waals surface area contributed by atoms with Crippen LogP contribution in [-0.2, 0) is 18.4 Å². The molecule has 0 fully saturated rings. The topological polar surface area (TPSA) is 59.1 Å². The van der Waals surface area contributed by atoms with E-state index in [2.05, 4.69) is 12.6 Å². The van der Waals surface area contributed by atoms with E-state index >= 15 is 0 Å². The van der Waals surface area contributed by atoms with Crippen molar-refractivity contribution in [3.05, 3.63) is 23.8 Å². The van der Waals surface area contributed by atoms with Gasteiger partial charge in [0.2, 0.25) is 5.91 Å². The first kappa shape index (κ1) is 17.3. The summed E-state index contributed by atoms with van der Waals surface area (Å²) in [5.74, 6) is -0.134. The van der Waals surface area contributed by atoms with Crippen LogP contribution >= 0.6 is 20.2 Å². The molecule has 6 nitrogen and oxygen atoms in total. The highest BCUT2D eigenvalue weighted by Gasteiger charge is 2.29. The summed E-state index contributed by atoms with van der Waals surface area (Å²) >= 11 is 4.35. The number of hydrogen-bond donors (Lipinski definition) is 1. The highest BCUT2D eigenvalue weighted by molar-refractivity contribution is 7.80. The van der Waals surface area contributed by atoms with Crippen LogP contribution in [0.4, 0.5) is 0 Å². The number of amides is 1. The lowest BCUT2D eigenvalue weighted by molar-refractivity contribution is -0.127. The summed E-state index contributed by atoms with van der Waals surface area (Å²) < 4.78 is 23.1. The summed E-state index contributed by atoms with van der Waals surface area (Å²) in [7, 11) is -1.65. The van der Waals surface area contributed by atoms with Crippen molar-refractivity contribution in [2.75, 3.05) is 20.3 Å². The zero-order chi connectivity index (χ0) is 15.3. The van der Waals surface area contributed by atoms with Crippen molar-refractivity contribution in [3.8, 4) is 0 Å². The summed E-state index contributed by atoms with van der Waals surface area (Å²) in [5.41, 5.74) is -0.459. The van der Waals surface area contributed by atoms with E-state index in [9.17, 15) is 9.36 Å². The molecule has 1 unspecified atom stereocenters. The molecule has 0 aliphatic carbocycles. The second-order valence-corrected chi connectivity index (χ2v) is 6.84. The number of hydrogen-bond acceptors (Lipinski definition) is 6. The minimum Gasteiger partial charge on any atom is -0.324 e. The Bertz CT molecular complexity index is 456. The minimum absolute atomic E-state index is 0.134. The first-order valence-electron chi connectivity index (χ1n) is 6.34. The fourth-order valence-corrected chi connectivity index (χ4v) is 3.33. The second kappa shape index (κ2) is 7.31. The molecular weight excluding hydrogens is 299 g/mol. The molecule has 1 aliphatic rings. The number of allylic oxidation sites excluding steroid dienone is 1. The lowest BCUT2D eigenvalue weighted by atomic mass is 10.4. The van der Waals surface area contributed by atoms with Crippen LogP contribution in [0.5, 0.6) is 0 Å². The van der Waals surface area contributed by atoms with E-state index in [1.54, 1.807) is 45.1 Å². The highest BCUT2D eigenvalue weighted by Crippen LogP contribution is 2.55. The fraction of sp³-hybridized carbons (Fsp3) is 0.583. The van der Waals surface area contributed by atoms with Crippen LogP contribution in [-0.4, -0.2) is 41.5 Å². The van der Waals surface area contributed by atoms with Gasteiger partial charge < -0.3 is 18.8 Å². The van der Waals surface area contributed by atoms with Crippen molar-refractivity contribution < 1.29 is 18.4 Å². The standard InChI is InChI=1S/C12H21N2O4PS/c1-5-17-19(16,18-6-2)10(3)9-14-8-7-11(15)13(4)12(14)20/h7-9,12,20H,5-6H2,1-4H3/b10-9-. The molecule has 1 aliphatic heterocycles. The monoisotopic (exact) mass is 320 g/mol. The Morgan fingerprint density at radius 3 is 2.50 bits per heavy atom. The smallest absolute Gasteiger partial charge is 0.324 e. The molecule has 0 N–H and O–H groups in total. The molecule has 1 heterocycles. The van der Waals surface area contributed by atoms with Crippen molar-refractivity contribution in [1.29, 1.82) is 0 Å². The number of carbonyl (C=O) groups is 1. The van der Waals surface area contributed by atoms with Gasteiger partial charge in [0.05, 0.1) is 18.5 Å². The second-order valence-electron chi connectivity index (χ2n) is 4.16. The van der Waals surface area contributed by atoms with Crippen molar-refractivity contribution >= 4 is 26.1 Å². The number of carbonyl (C=O) groups excluding carboxylic acids is 1. The summed E-state index contributed by atoms with van der Waals surface area (Å²) in [6.45, 7) is 5.78. The van der Waals surface area contributed by atoms with Gasteiger partial charge in [-0.1, -0.05) is 0 Å². The van der Waals surface area contributed by atoms with E-state index < -0.39 is 13.1 Å². The molecule has 1 amide bonds. The van der Waals surface area contributed by atoms with Crippen molar-refractivity contribution in [2.45, 2.75) is 26.3 Å². The van der Waals surface area contributed by atoms with E-state index in [0.717, 1.165) is 0 Å². The van der Waals surface area contributed by atoms with Gasteiger partial charge in [-0.05, 0) is 20.8 Å². The van der Waals surface area contributed by atoms with Gasteiger partial charge in [0, 0.05) is 25.5 Å². The molecule has 8 heteroatoms. The van der Waals surface area contributed by atoms with Crippen LogP contribution in [0, 0.1) is 0 Å². The molecule has 0 aromatic rings. The molecule has 0 aromatic heterocycles. The molecule has 1 rings (SSSR count). The van der Waals surface area contributed by atoms with Crippen molar-refractivity contribution in [3.63, 3.8) is 0 Å². The fourth-order valence-electron chi connectivity index (χ4n) is 1.64. The zero-order valence-electron chi connectivity index (χ0n) is 12.1. The van der Waals surface area contributed by atoms with E-state index in [0.29, 0.717) is 18.5 Å². The Morgan fingerprint density at radius 1 is 1.45 bits per heavy atom. The molecule has 0 saturated heterocycles. The molecule has 0 aromatic carbocycles. The first-order valence-corrected chi connectivity index (χ1v) is 8.40. The third-order valence-electron chi connectivity index (χ3n) is 2.72. The average Bonchev–Trinajstić information content (AvgIpc) is 2.40. The minimum atomic E-state index is -3.29. The Morgan fingerprint density at radius 2 is 2.00 bits per heavy atom. The Balaban J connectivity index is 2.99. The molecule has 1 atom stereocenters. The largest absolute Gasteiger partial charge is 0.358 e. The lowest BCUT2D eigenvalue weighted by Gasteiger charge is -2.34. The lowest BCUT2D eigenvalue weighted by Crippen LogP contribution is -2.44. The number of rotatable bonds is 6. The first-order chi connectivity index (χ1) is 9.35. The maximum atomic E-state index is 12.6. The Labute approximate surface area is 125 Å².